The molecule has 0 fully saturated rings. The van der Waals surface area contributed by atoms with Gasteiger partial charge in [-0.25, -0.2) is 0 Å². The van der Waals surface area contributed by atoms with Crippen molar-refractivity contribution < 1.29 is 38.9 Å². The van der Waals surface area contributed by atoms with E-state index in [1.807, 2.05) is 5.32 Å². The molecule has 0 unspecified atom stereocenters. The van der Waals surface area contributed by atoms with Crippen LogP contribution in [0.1, 0.15) is 153 Å². The number of aryl methyl sites for hydroxylation is 3. The van der Waals surface area contributed by atoms with E-state index in [4.69, 9.17) is 35.9 Å². The molecule has 0 atom stereocenters. The molecule has 0 aliphatic carbocycles. The minimum absolute atomic E-state index is 0.0542. The highest BCUT2D eigenvalue weighted by Gasteiger charge is 2.16. The maximum atomic E-state index is 11.2. The molecule has 0 spiro atoms. The second kappa shape index (κ2) is 32.8. The van der Waals surface area contributed by atoms with Crippen molar-refractivity contribution in [2.45, 2.75) is 170 Å². The van der Waals surface area contributed by atoms with Crippen molar-refractivity contribution in [2.24, 2.45) is 11.5 Å². The zero-order chi connectivity index (χ0) is 46.2. The van der Waals surface area contributed by atoms with E-state index in [1.165, 1.54) is 95.2 Å². The Kier molecular flexibility index (Phi) is 30.7. The highest BCUT2D eigenvalue weighted by Crippen LogP contribution is 2.21. The van der Waals surface area contributed by atoms with Gasteiger partial charge in [0.15, 0.2) is 11.9 Å². The van der Waals surface area contributed by atoms with Crippen molar-refractivity contribution in [3.05, 3.63) is 89.5 Å². The molecule has 0 radical (unpaired) electrons. The molecule has 17 heteroatoms. The van der Waals surface area contributed by atoms with Gasteiger partial charge < -0.3 is 11.5 Å². The average Bonchev–Trinajstić information content (AvgIpc) is 3.18. The van der Waals surface area contributed by atoms with Gasteiger partial charge in [-0.3, -0.25) is 29.8 Å². The van der Waals surface area contributed by atoms with Crippen LogP contribution in [0.2, 0.25) is 0 Å². The molecule has 0 heterocycles. The van der Waals surface area contributed by atoms with Crippen LogP contribution in [0.25, 0.3) is 0 Å². The van der Waals surface area contributed by atoms with Crippen LogP contribution in [0.15, 0.2) is 87.5 Å². The SMILES string of the molecule is CCCCCCCCc1ccccc1S(=O)(=O)O.CCCCCCCCc1ccccc1S(=O)(=O)O.CCCCCCCCc1ccccc1S(=O)(=O)O.N=C(N)NC(=N)N. The molecule has 0 aliphatic heterocycles. The van der Waals surface area contributed by atoms with E-state index in [0.717, 1.165) is 55.2 Å². The maximum absolute atomic E-state index is 11.2. The lowest BCUT2D eigenvalue weighted by atomic mass is 10.1. The Bertz CT molecular complexity index is 1790. The summed E-state index contributed by atoms with van der Waals surface area (Å²) in [4.78, 5) is 0.163. The molecule has 0 aliphatic rings. The smallest absolute Gasteiger partial charge is 0.294 e. The van der Waals surface area contributed by atoms with Gasteiger partial charge in [-0.1, -0.05) is 172 Å². The number of unbranched alkanes of at least 4 members (excludes halogenated alkanes) is 15. The number of hydrogen-bond donors (Lipinski definition) is 8. The van der Waals surface area contributed by atoms with Crippen LogP contribution < -0.4 is 16.8 Å². The second-order valence-electron chi connectivity index (χ2n) is 14.8. The summed E-state index contributed by atoms with van der Waals surface area (Å²) in [5, 5.41) is 15.0. The molecule has 3 aromatic carbocycles. The molecule has 3 aromatic rings. The molecule has 346 valence electrons. The van der Waals surface area contributed by atoms with Crippen molar-refractivity contribution in [3.8, 4) is 0 Å². The minimum atomic E-state index is -4.08. The molecule has 0 saturated carbocycles. The van der Waals surface area contributed by atoms with Crippen molar-refractivity contribution in [2.75, 3.05) is 0 Å². The molecule has 61 heavy (non-hydrogen) atoms. The van der Waals surface area contributed by atoms with Gasteiger partial charge >= 0.3 is 0 Å². The largest absolute Gasteiger partial charge is 0.370 e. The van der Waals surface area contributed by atoms with Gasteiger partial charge in [-0.2, -0.15) is 25.3 Å². The topological polar surface area (TPSA) is 275 Å². The Hall–Kier alpha value is -3.87. The van der Waals surface area contributed by atoms with E-state index >= 15 is 0 Å². The summed E-state index contributed by atoms with van der Waals surface area (Å²) in [5.41, 5.74) is 11.6. The van der Waals surface area contributed by atoms with Crippen LogP contribution >= 0.6 is 0 Å². The summed E-state index contributed by atoms with van der Waals surface area (Å²) in [6, 6.07) is 20.0. The van der Waals surface area contributed by atoms with Crippen molar-refractivity contribution in [1.82, 2.24) is 5.32 Å². The van der Waals surface area contributed by atoms with Gasteiger partial charge in [0, 0.05) is 0 Å². The van der Waals surface area contributed by atoms with E-state index < -0.39 is 30.4 Å². The highest BCUT2D eigenvalue weighted by atomic mass is 32.2. The van der Waals surface area contributed by atoms with Crippen LogP contribution in [0, 0.1) is 10.8 Å². The molecule has 14 nitrogen and oxygen atoms in total. The van der Waals surface area contributed by atoms with Crippen LogP contribution in [-0.2, 0) is 49.6 Å². The molecular weight excluding hydrogens is 839 g/mol. The van der Waals surface area contributed by atoms with Crippen molar-refractivity contribution in [1.29, 1.82) is 10.8 Å². The fourth-order valence-electron chi connectivity index (χ4n) is 6.32. The van der Waals surface area contributed by atoms with Crippen molar-refractivity contribution in [3.63, 3.8) is 0 Å². The first-order chi connectivity index (χ1) is 28.8. The minimum Gasteiger partial charge on any atom is -0.370 e. The summed E-state index contributed by atoms with van der Waals surface area (Å²) >= 11 is 0. The number of hydrogen-bond acceptors (Lipinski definition) is 8. The van der Waals surface area contributed by atoms with E-state index in [2.05, 4.69) is 20.8 Å². The van der Waals surface area contributed by atoms with Gasteiger partial charge in [0.1, 0.15) is 0 Å². The van der Waals surface area contributed by atoms with E-state index in [-0.39, 0.29) is 26.6 Å². The van der Waals surface area contributed by atoms with Crippen LogP contribution in [0.3, 0.4) is 0 Å². The monoisotopic (exact) mass is 911 g/mol. The Morgan fingerprint density at radius 3 is 0.836 bits per heavy atom. The summed E-state index contributed by atoms with van der Waals surface area (Å²) in [6.07, 6.45) is 23.2. The third-order valence-electron chi connectivity index (χ3n) is 9.42. The zero-order valence-electron chi connectivity index (χ0n) is 36.4. The highest BCUT2D eigenvalue weighted by molar-refractivity contribution is 7.86. The van der Waals surface area contributed by atoms with Gasteiger partial charge in [0.05, 0.1) is 14.7 Å². The Morgan fingerprint density at radius 1 is 0.426 bits per heavy atom. The van der Waals surface area contributed by atoms with E-state index in [1.54, 1.807) is 54.6 Å². The predicted molar refractivity (Wildman–Crippen MR) is 247 cm³/mol. The quantitative estimate of drug-likeness (QED) is 0.0180. The van der Waals surface area contributed by atoms with Crippen LogP contribution in [0.5, 0.6) is 0 Å². The molecule has 0 bridgehead atoms. The number of guanidine groups is 2. The Morgan fingerprint density at radius 2 is 0.639 bits per heavy atom. The molecule has 0 saturated heterocycles. The van der Waals surface area contributed by atoms with Gasteiger partial charge in [0.2, 0.25) is 0 Å². The maximum Gasteiger partial charge on any atom is 0.294 e. The van der Waals surface area contributed by atoms with Crippen molar-refractivity contribution >= 4 is 42.3 Å². The lowest BCUT2D eigenvalue weighted by Crippen LogP contribution is -2.39. The number of nitrogens with one attached hydrogen (secondary N) is 3. The third kappa shape index (κ3) is 29.1. The first kappa shape index (κ1) is 57.1. The molecule has 3 rings (SSSR count). The zero-order valence-corrected chi connectivity index (χ0v) is 38.9. The number of nitrogens with two attached hydrogens (primary N) is 2. The van der Waals surface area contributed by atoms with Gasteiger partial charge in [-0.15, -0.1) is 0 Å². The number of rotatable bonds is 24. The molecule has 10 N–H and O–H groups in total. The predicted octanol–water partition coefficient (Wildman–Crippen LogP) is 9.87. The van der Waals surface area contributed by atoms with E-state index in [0.29, 0.717) is 19.3 Å². The lowest BCUT2D eigenvalue weighted by Gasteiger charge is -2.06. The Labute approximate surface area is 367 Å². The van der Waals surface area contributed by atoms with Crippen LogP contribution in [0.4, 0.5) is 0 Å². The van der Waals surface area contributed by atoms with Gasteiger partial charge in [-0.05, 0) is 73.4 Å². The first-order valence-electron chi connectivity index (χ1n) is 21.4. The first-order valence-corrected chi connectivity index (χ1v) is 25.7. The van der Waals surface area contributed by atoms with Crippen LogP contribution in [-0.4, -0.2) is 50.8 Å². The fourth-order valence-corrected chi connectivity index (χ4v) is 8.57. The number of benzene rings is 3. The standard InChI is InChI=1S/3C14H22O3S.C2H7N5/c3*1-2-3-4-5-6-7-10-13-11-8-9-12-14(13)18(15,16)17;3-1(4)7-2(5)6/h3*8-9,11-12H,2-7,10H2,1H3,(H,15,16,17);(H7,3,4,5,6,7). The summed E-state index contributed by atoms with van der Waals surface area (Å²) in [6.45, 7) is 6.55. The Balaban J connectivity index is 0.000000820. The normalized spacial score (nSPS) is 11.2. The molecular formula is C44H73N5O9S3. The fraction of sp³-hybridized carbons (Fsp3) is 0.545. The molecule has 0 amide bonds. The third-order valence-corrected chi connectivity index (χ3v) is 12.3. The van der Waals surface area contributed by atoms with E-state index in [9.17, 15) is 25.3 Å². The molecule has 0 aromatic heterocycles. The summed E-state index contributed by atoms with van der Waals surface area (Å²) in [5.74, 6) is -0.625. The summed E-state index contributed by atoms with van der Waals surface area (Å²) in [7, 11) is -12.3. The van der Waals surface area contributed by atoms with Gasteiger partial charge in [0.25, 0.3) is 30.4 Å². The average molecular weight is 912 g/mol. The summed E-state index contributed by atoms with van der Waals surface area (Å²) < 4.78 is 94.4. The second-order valence-corrected chi connectivity index (χ2v) is 18.9. The lowest BCUT2D eigenvalue weighted by molar-refractivity contribution is 0.479.